The Morgan fingerprint density at radius 3 is 2.59 bits per heavy atom. The van der Waals surface area contributed by atoms with E-state index in [1.165, 1.54) is 37.7 Å². The highest BCUT2D eigenvalue weighted by atomic mass is 28.4. The molecular formula is C34H52O4Si. The van der Waals surface area contributed by atoms with Gasteiger partial charge in [0.15, 0.2) is 0 Å². The van der Waals surface area contributed by atoms with Gasteiger partial charge >= 0.3 is 5.97 Å². The molecule has 1 aromatic carbocycles. The van der Waals surface area contributed by atoms with E-state index in [0.29, 0.717) is 24.2 Å². The van der Waals surface area contributed by atoms with Gasteiger partial charge in [-0.25, -0.2) is 4.79 Å². The standard InChI is InChI=1S/C34H52O4Si/c1-10-11-31(37-32(36)22(2)21-35)23(3)29-16-17-30-28-14-12-24-20-25(38-39(8,9)33(4,5)6)13-15-26(24)27(28)18-19-34(29,30)7/h10,13,15,20,23,27-31,35H,1-2,11-12,14,16-19,21H2,3-9H3. The van der Waals surface area contributed by atoms with Crippen LogP contribution in [0.3, 0.4) is 0 Å². The molecule has 4 rings (SSSR count). The molecule has 7 unspecified atom stereocenters. The summed E-state index contributed by atoms with van der Waals surface area (Å²) < 4.78 is 12.5. The van der Waals surface area contributed by atoms with Crippen LogP contribution in [0.5, 0.6) is 5.75 Å². The first-order chi connectivity index (χ1) is 18.2. The summed E-state index contributed by atoms with van der Waals surface area (Å²) in [6.07, 6.45) is 9.52. The maximum absolute atomic E-state index is 12.5. The smallest absolute Gasteiger partial charge is 0.336 e. The molecule has 0 aliphatic heterocycles. The number of carbonyl (C=O) groups excluding carboxylic acids is 1. The van der Waals surface area contributed by atoms with Crippen LogP contribution in [0.25, 0.3) is 0 Å². The van der Waals surface area contributed by atoms with Crippen molar-refractivity contribution < 1.29 is 19.1 Å². The zero-order chi connectivity index (χ0) is 28.8. The first kappa shape index (κ1) is 30.1. The van der Waals surface area contributed by atoms with E-state index in [4.69, 9.17) is 9.16 Å². The third-order valence-corrected chi connectivity index (χ3v) is 15.7. The van der Waals surface area contributed by atoms with Gasteiger partial charge in [0.2, 0.25) is 8.32 Å². The number of carbonyl (C=O) groups is 1. The number of aryl methyl sites for hydroxylation is 1. The average molecular weight is 553 g/mol. The second-order valence-corrected chi connectivity index (χ2v) is 19.2. The molecule has 2 saturated carbocycles. The molecular weight excluding hydrogens is 500 g/mol. The minimum atomic E-state index is -1.86. The topological polar surface area (TPSA) is 55.8 Å². The summed E-state index contributed by atoms with van der Waals surface area (Å²) in [4.78, 5) is 12.5. The molecule has 7 atom stereocenters. The number of aliphatic hydroxyl groups excluding tert-OH is 1. The molecule has 1 N–H and O–H groups in total. The second-order valence-electron chi connectivity index (χ2n) is 14.5. The highest BCUT2D eigenvalue weighted by molar-refractivity contribution is 6.74. The van der Waals surface area contributed by atoms with Crippen molar-refractivity contribution in [2.24, 2.45) is 29.1 Å². The van der Waals surface area contributed by atoms with E-state index in [9.17, 15) is 9.90 Å². The number of ether oxygens (including phenoxy) is 1. The molecule has 0 saturated heterocycles. The predicted octanol–water partition coefficient (Wildman–Crippen LogP) is 8.22. The van der Waals surface area contributed by atoms with Crippen molar-refractivity contribution in [2.45, 2.75) is 110 Å². The second kappa shape index (κ2) is 11.2. The zero-order valence-corrected chi connectivity index (χ0v) is 26.5. The van der Waals surface area contributed by atoms with E-state index in [0.717, 1.165) is 18.1 Å². The van der Waals surface area contributed by atoms with E-state index in [2.05, 4.69) is 79.1 Å². The van der Waals surface area contributed by atoms with Gasteiger partial charge in [0.05, 0.1) is 12.2 Å². The van der Waals surface area contributed by atoms with Crippen LogP contribution in [0.1, 0.15) is 90.2 Å². The fraction of sp³-hybridized carbons (Fsp3) is 0.676. The first-order valence-corrected chi connectivity index (χ1v) is 18.1. The predicted molar refractivity (Wildman–Crippen MR) is 162 cm³/mol. The molecule has 1 aromatic rings. The Hall–Kier alpha value is -1.85. The number of rotatable bonds is 9. The summed E-state index contributed by atoms with van der Waals surface area (Å²) in [5, 5.41) is 9.53. The van der Waals surface area contributed by atoms with Gasteiger partial charge < -0.3 is 14.3 Å². The molecule has 216 valence electrons. The highest BCUT2D eigenvalue weighted by Gasteiger charge is 2.56. The molecule has 2 fully saturated rings. The molecule has 3 aliphatic carbocycles. The number of hydrogen-bond donors (Lipinski definition) is 1. The van der Waals surface area contributed by atoms with Gasteiger partial charge in [0.1, 0.15) is 11.9 Å². The third-order valence-electron chi connectivity index (χ3n) is 11.3. The van der Waals surface area contributed by atoms with E-state index in [1.807, 2.05) is 6.08 Å². The summed E-state index contributed by atoms with van der Waals surface area (Å²) >= 11 is 0. The van der Waals surface area contributed by atoms with Crippen molar-refractivity contribution in [3.8, 4) is 5.75 Å². The largest absolute Gasteiger partial charge is 0.543 e. The van der Waals surface area contributed by atoms with Gasteiger partial charge in [-0.3, -0.25) is 0 Å². The fourth-order valence-electron chi connectivity index (χ4n) is 8.05. The van der Waals surface area contributed by atoms with E-state index < -0.39 is 14.3 Å². The normalized spacial score (nSPS) is 29.8. The Labute approximate surface area is 238 Å². The SMILES string of the molecule is C=CCC(OC(=O)C(=C)CO)C(C)C1CCC2C3CCc4cc(O[Si](C)(C)C(C)(C)C)ccc4C3CCC12C. The lowest BCUT2D eigenvalue weighted by atomic mass is 9.53. The summed E-state index contributed by atoms with van der Waals surface area (Å²) in [5.41, 5.74) is 3.43. The quantitative estimate of drug-likeness (QED) is 0.145. The van der Waals surface area contributed by atoms with Gasteiger partial charge in [-0.2, -0.15) is 0 Å². The monoisotopic (exact) mass is 552 g/mol. The van der Waals surface area contributed by atoms with Crippen LogP contribution in [0.15, 0.2) is 43.0 Å². The van der Waals surface area contributed by atoms with Crippen molar-refractivity contribution in [1.29, 1.82) is 0 Å². The molecule has 0 amide bonds. The minimum Gasteiger partial charge on any atom is -0.543 e. The minimum absolute atomic E-state index is 0.117. The van der Waals surface area contributed by atoms with Crippen LogP contribution in [0.2, 0.25) is 18.1 Å². The van der Waals surface area contributed by atoms with Gasteiger partial charge in [0.25, 0.3) is 0 Å². The summed E-state index contributed by atoms with van der Waals surface area (Å²) in [6.45, 7) is 23.5. The summed E-state index contributed by atoms with van der Waals surface area (Å²) in [7, 11) is -1.86. The van der Waals surface area contributed by atoms with E-state index in [-0.39, 0.29) is 34.7 Å². The van der Waals surface area contributed by atoms with Gasteiger partial charge in [0, 0.05) is 6.42 Å². The van der Waals surface area contributed by atoms with Gasteiger partial charge in [-0.05, 0) is 115 Å². The number of fused-ring (bicyclic) bond motifs is 5. The lowest BCUT2D eigenvalue weighted by Gasteiger charge is -2.52. The highest BCUT2D eigenvalue weighted by Crippen LogP contribution is 2.64. The van der Waals surface area contributed by atoms with Crippen LogP contribution in [0.4, 0.5) is 0 Å². The molecule has 0 aromatic heterocycles. The van der Waals surface area contributed by atoms with Crippen molar-refractivity contribution in [3.05, 3.63) is 54.1 Å². The number of aliphatic hydroxyl groups is 1. The lowest BCUT2D eigenvalue weighted by molar-refractivity contribution is -0.149. The summed E-state index contributed by atoms with van der Waals surface area (Å²) in [5.74, 6) is 3.36. The van der Waals surface area contributed by atoms with Crippen LogP contribution in [-0.4, -0.2) is 32.1 Å². The van der Waals surface area contributed by atoms with Crippen molar-refractivity contribution >= 4 is 14.3 Å². The molecule has 3 aliphatic rings. The lowest BCUT2D eigenvalue weighted by Crippen LogP contribution is -2.45. The molecule has 39 heavy (non-hydrogen) atoms. The van der Waals surface area contributed by atoms with Crippen LogP contribution in [0, 0.1) is 29.1 Å². The molecule has 0 radical (unpaired) electrons. The zero-order valence-electron chi connectivity index (χ0n) is 25.5. The third kappa shape index (κ3) is 5.68. The maximum Gasteiger partial charge on any atom is 0.336 e. The Balaban J connectivity index is 1.51. The number of hydrogen-bond acceptors (Lipinski definition) is 4. The Kier molecular flexibility index (Phi) is 8.65. The number of esters is 1. The number of benzene rings is 1. The van der Waals surface area contributed by atoms with Crippen LogP contribution < -0.4 is 4.43 Å². The molecule has 0 bridgehead atoms. The molecule has 0 spiro atoms. The van der Waals surface area contributed by atoms with Crippen LogP contribution in [-0.2, 0) is 16.0 Å². The van der Waals surface area contributed by atoms with Crippen molar-refractivity contribution in [3.63, 3.8) is 0 Å². The maximum atomic E-state index is 12.5. The van der Waals surface area contributed by atoms with Gasteiger partial charge in [-0.15, -0.1) is 6.58 Å². The molecule has 4 nitrogen and oxygen atoms in total. The van der Waals surface area contributed by atoms with Crippen molar-refractivity contribution in [2.75, 3.05) is 6.61 Å². The van der Waals surface area contributed by atoms with E-state index >= 15 is 0 Å². The van der Waals surface area contributed by atoms with E-state index in [1.54, 1.807) is 5.56 Å². The molecule has 5 heteroatoms. The fourth-order valence-corrected chi connectivity index (χ4v) is 9.08. The Morgan fingerprint density at radius 2 is 1.95 bits per heavy atom. The Morgan fingerprint density at radius 1 is 1.23 bits per heavy atom. The first-order valence-electron chi connectivity index (χ1n) is 15.2. The van der Waals surface area contributed by atoms with Crippen molar-refractivity contribution in [1.82, 2.24) is 0 Å². The van der Waals surface area contributed by atoms with Gasteiger partial charge in [-0.1, -0.05) is 53.3 Å². The van der Waals surface area contributed by atoms with Crippen LogP contribution >= 0.6 is 0 Å². The average Bonchev–Trinajstić information content (AvgIpc) is 3.23. The Bertz CT molecular complexity index is 1090. The summed E-state index contributed by atoms with van der Waals surface area (Å²) in [6, 6.07) is 6.98. The molecule has 0 heterocycles.